The fourth-order valence-corrected chi connectivity index (χ4v) is 1.99. The van der Waals surface area contributed by atoms with Crippen LogP contribution in [0.25, 0.3) is 11.2 Å². The van der Waals surface area contributed by atoms with Crippen molar-refractivity contribution in [3.05, 3.63) is 24.5 Å². The van der Waals surface area contributed by atoms with E-state index in [-0.39, 0.29) is 0 Å². The SMILES string of the molecule is CC(C)CSc1ccc2nccnc2n1. The summed E-state index contributed by atoms with van der Waals surface area (Å²) in [4.78, 5) is 12.8. The van der Waals surface area contributed by atoms with E-state index in [4.69, 9.17) is 0 Å². The van der Waals surface area contributed by atoms with E-state index in [1.54, 1.807) is 24.2 Å². The molecule has 2 rings (SSSR count). The molecule has 0 aliphatic heterocycles. The van der Waals surface area contributed by atoms with Crippen LogP contribution >= 0.6 is 11.8 Å². The monoisotopic (exact) mass is 219 g/mol. The molecule has 0 radical (unpaired) electrons. The lowest BCUT2D eigenvalue weighted by Crippen LogP contribution is -1.93. The fraction of sp³-hybridized carbons (Fsp3) is 0.364. The van der Waals surface area contributed by atoms with Gasteiger partial charge in [-0.05, 0) is 18.1 Å². The highest BCUT2D eigenvalue weighted by Crippen LogP contribution is 2.19. The molecule has 0 aliphatic carbocycles. The topological polar surface area (TPSA) is 38.7 Å². The second kappa shape index (κ2) is 4.57. The van der Waals surface area contributed by atoms with Gasteiger partial charge in [0.05, 0.1) is 5.03 Å². The molecule has 0 fully saturated rings. The lowest BCUT2D eigenvalue weighted by Gasteiger charge is -2.03. The van der Waals surface area contributed by atoms with Crippen molar-refractivity contribution in [3.63, 3.8) is 0 Å². The molecule has 0 aromatic carbocycles. The zero-order chi connectivity index (χ0) is 10.7. The number of hydrogen-bond acceptors (Lipinski definition) is 4. The number of fused-ring (bicyclic) bond motifs is 1. The number of rotatable bonds is 3. The average molecular weight is 219 g/mol. The van der Waals surface area contributed by atoms with Crippen LogP contribution in [0, 0.1) is 5.92 Å². The van der Waals surface area contributed by atoms with E-state index < -0.39 is 0 Å². The standard InChI is InChI=1S/C11H13N3S/c1-8(2)7-15-10-4-3-9-11(14-10)13-6-5-12-9/h3-6,8H,7H2,1-2H3. The van der Waals surface area contributed by atoms with Gasteiger partial charge in [-0.1, -0.05) is 13.8 Å². The molecular formula is C11H13N3S. The van der Waals surface area contributed by atoms with E-state index in [0.717, 1.165) is 21.9 Å². The maximum absolute atomic E-state index is 4.44. The summed E-state index contributed by atoms with van der Waals surface area (Å²) >= 11 is 1.76. The normalized spacial score (nSPS) is 11.1. The lowest BCUT2D eigenvalue weighted by molar-refractivity contribution is 0.749. The molecule has 0 atom stereocenters. The summed E-state index contributed by atoms with van der Waals surface area (Å²) in [5, 5.41) is 1.02. The van der Waals surface area contributed by atoms with Gasteiger partial charge >= 0.3 is 0 Å². The van der Waals surface area contributed by atoms with Crippen molar-refractivity contribution in [2.45, 2.75) is 18.9 Å². The minimum absolute atomic E-state index is 0.675. The number of aromatic nitrogens is 3. The van der Waals surface area contributed by atoms with E-state index in [1.165, 1.54) is 0 Å². The highest BCUT2D eigenvalue weighted by Gasteiger charge is 2.01. The zero-order valence-electron chi connectivity index (χ0n) is 8.84. The molecule has 0 unspecified atom stereocenters. The average Bonchev–Trinajstić information content (AvgIpc) is 2.26. The van der Waals surface area contributed by atoms with Crippen molar-refractivity contribution >= 4 is 22.9 Å². The van der Waals surface area contributed by atoms with E-state index in [9.17, 15) is 0 Å². The minimum Gasteiger partial charge on any atom is -0.251 e. The summed E-state index contributed by atoms with van der Waals surface area (Å²) in [6, 6.07) is 3.97. The first-order valence-corrected chi connectivity index (χ1v) is 5.95. The van der Waals surface area contributed by atoms with Crippen LogP contribution in [0.4, 0.5) is 0 Å². The van der Waals surface area contributed by atoms with Gasteiger partial charge in [0.25, 0.3) is 0 Å². The van der Waals surface area contributed by atoms with Gasteiger partial charge in [0.15, 0.2) is 5.65 Å². The highest BCUT2D eigenvalue weighted by molar-refractivity contribution is 7.99. The Balaban J connectivity index is 2.23. The molecule has 2 heterocycles. The largest absolute Gasteiger partial charge is 0.251 e. The Morgan fingerprint density at radius 2 is 2.00 bits per heavy atom. The maximum Gasteiger partial charge on any atom is 0.179 e. The Labute approximate surface area is 93.4 Å². The molecule has 0 saturated heterocycles. The number of nitrogens with zero attached hydrogens (tertiary/aromatic N) is 3. The van der Waals surface area contributed by atoms with E-state index in [1.807, 2.05) is 12.1 Å². The summed E-state index contributed by atoms with van der Waals surface area (Å²) in [6.07, 6.45) is 3.36. The molecular weight excluding hydrogens is 206 g/mol. The van der Waals surface area contributed by atoms with Gasteiger partial charge in [-0.3, -0.25) is 4.98 Å². The molecule has 3 nitrogen and oxygen atoms in total. The molecule has 0 amide bonds. The summed E-state index contributed by atoms with van der Waals surface area (Å²) in [6.45, 7) is 4.40. The minimum atomic E-state index is 0.675. The summed E-state index contributed by atoms with van der Waals surface area (Å²) in [5.41, 5.74) is 1.58. The van der Waals surface area contributed by atoms with Gasteiger partial charge < -0.3 is 0 Å². The van der Waals surface area contributed by atoms with Crippen LogP contribution in [0.5, 0.6) is 0 Å². The van der Waals surface area contributed by atoms with Gasteiger partial charge in [0.2, 0.25) is 0 Å². The molecule has 4 heteroatoms. The quantitative estimate of drug-likeness (QED) is 0.744. The molecule has 78 valence electrons. The van der Waals surface area contributed by atoms with Gasteiger partial charge in [-0.15, -0.1) is 11.8 Å². The van der Waals surface area contributed by atoms with Crippen LogP contribution in [0.2, 0.25) is 0 Å². The van der Waals surface area contributed by atoms with Crippen LogP contribution in [0.15, 0.2) is 29.6 Å². The molecule has 0 spiro atoms. The van der Waals surface area contributed by atoms with Crippen molar-refractivity contribution < 1.29 is 0 Å². The zero-order valence-corrected chi connectivity index (χ0v) is 9.66. The fourth-order valence-electron chi connectivity index (χ4n) is 1.17. The van der Waals surface area contributed by atoms with E-state index >= 15 is 0 Å². The third-order valence-electron chi connectivity index (χ3n) is 1.87. The maximum atomic E-state index is 4.44. The first-order valence-electron chi connectivity index (χ1n) is 4.96. The molecule has 0 aliphatic rings. The van der Waals surface area contributed by atoms with Gasteiger partial charge in [-0.25, -0.2) is 9.97 Å². The summed E-state index contributed by atoms with van der Waals surface area (Å²) < 4.78 is 0. The summed E-state index contributed by atoms with van der Waals surface area (Å²) in [7, 11) is 0. The second-order valence-corrected chi connectivity index (χ2v) is 4.79. The van der Waals surface area contributed by atoms with Crippen molar-refractivity contribution in [3.8, 4) is 0 Å². The van der Waals surface area contributed by atoms with Crippen molar-refractivity contribution in [2.24, 2.45) is 5.92 Å². The molecule has 15 heavy (non-hydrogen) atoms. The molecule has 0 saturated carbocycles. The van der Waals surface area contributed by atoms with Crippen LogP contribution in [-0.2, 0) is 0 Å². The Kier molecular flexibility index (Phi) is 3.16. The third kappa shape index (κ3) is 2.65. The molecule has 2 aromatic heterocycles. The molecule has 0 N–H and O–H groups in total. The number of hydrogen-bond donors (Lipinski definition) is 0. The van der Waals surface area contributed by atoms with Crippen molar-refractivity contribution in [2.75, 3.05) is 5.75 Å². The van der Waals surface area contributed by atoms with Crippen molar-refractivity contribution in [1.82, 2.24) is 15.0 Å². The first-order chi connectivity index (χ1) is 7.25. The number of pyridine rings is 1. The molecule has 0 bridgehead atoms. The van der Waals surface area contributed by atoms with Crippen LogP contribution in [0.3, 0.4) is 0 Å². The third-order valence-corrected chi connectivity index (χ3v) is 3.23. The summed E-state index contributed by atoms with van der Waals surface area (Å²) in [5.74, 6) is 1.76. The Morgan fingerprint density at radius 1 is 1.20 bits per heavy atom. The van der Waals surface area contributed by atoms with Crippen LogP contribution in [0.1, 0.15) is 13.8 Å². The van der Waals surface area contributed by atoms with Crippen LogP contribution in [-0.4, -0.2) is 20.7 Å². The van der Waals surface area contributed by atoms with E-state index in [2.05, 4.69) is 28.8 Å². The molecule has 2 aromatic rings. The lowest BCUT2D eigenvalue weighted by atomic mass is 10.3. The Bertz CT molecular complexity index is 456. The predicted molar refractivity (Wildman–Crippen MR) is 62.9 cm³/mol. The predicted octanol–water partition coefficient (Wildman–Crippen LogP) is 2.77. The van der Waals surface area contributed by atoms with Gasteiger partial charge in [0.1, 0.15) is 5.52 Å². The Morgan fingerprint density at radius 3 is 2.80 bits per heavy atom. The highest BCUT2D eigenvalue weighted by atomic mass is 32.2. The van der Waals surface area contributed by atoms with Gasteiger partial charge in [-0.2, -0.15) is 0 Å². The first kappa shape index (κ1) is 10.4. The Hall–Kier alpha value is -1.16. The van der Waals surface area contributed by atoms with Crippen molar-refractivity contribution in [1.29, 1.82) is 0 Å². The van der Waals surface area contributed by atoms with E-state index in [0.29, 0.717) is 5.92 Å². The van der Waals surface area contributed by atoms with Gasteiger partial charge in [0, 0.05) is 18.1 Å². The second-order valence-electron chi connectivity index (χ2n) is 3.75. The number of thioether (sulfide) groups is 1. The van der Waals surface area contributed by atoms with Crippen LogP contribution < -0.4 is 0 Å². The smallest absolute Gasteiger partial charge is 0.179 e.